The Bertz CT molecular complexity index is 1410. The van der Waals surface area contributed by atoms with E-state index in [2.05, 4.69) is 34.6 Å². The Morgan fingerprint density at radius 1 is 1.09 bits per heavy atom. The van der Waals surface area contributed by atoms with Crippen molar-refractivity contribution in [2.24, 2.45) is 12.8 Å². The highest BCUT2D eigenvalue weighted by atomic mass is 16.2. The number of nitrogens with zero attached hydrogens (tertiary/aromatic N) is 5. The number of rotatable bonds is 4. The molecule has 5 rings (SSSR count). The Hall–Kier alpha value is -3.36. The number of hydrogen-bond donors (Lipinski definition) is 1. The van der Waals surface area contributed by atoms with E-state index < -0.39 is 0 Å². The van der Waals surface area contributed by atoms with Crippen LogP contribution in [0.15, 0.2) is 63.7 Å². The maximum Gasteiger partial charge on any atom is 0.337 e. The first-order chi connectivity index (χ1) is 16.8. The Labute approximate surface area is 205 Å². The highest BCUT2D eigenvalue weighted by molar-refractivity contribution is 5.90. The highest BCUT2D eigenvalue weighted by Gasteiger charge is 2.43. The zero-order chi connectivity index (χ0) is 24.9. The number of allylic oxidation sites excluding steroid dienone is 1. The number of aromatic nitrogens is 2. The van der Waals surface area contributed by atoms with E-state index >= 15 is 0 Å². The van der Waals surface area contributed by atoms with E-state index in [1.54, 1.807) is 11.6 Å². The van der Waals surface area contributed by atoms with Gasteiger partial charge in [-0.15, -0.1) is 0 Å². The lowest BCUT2D eigenvalue weighted by Crippen LogP contribution is -2.59. The van der Waals surface area contributed by atoms with Crippen molar-refractivity contribution in [2.45, 2.75) is 39.0 Å². The second kappa shape index (κ2) is 9.02. The summed E-state index contributed by atoms with van der Waals surface area (Å²) in [6, 6.07) is 13.7. The Kier molecular flexibility index (Phi) is 6.02. The van der Waals surface area contributed by atoms with Crippen LogP contribution in [0.1, 0.15) is 26.7 Å². The van der Waals surface area contributed by atoms with Crippen LogP contribution in [0.4, 0.5) is 11.5 Å². The third kappa shape index (κ3) is 3.86. The molecule has 0 spiro atoms. The van der Waals surface area contributed by atoms with Gasteiger partial charge < -0.3 is 15.5 Å². The Morgan fingerprint density at radius 2 is 1.83 bits per heavy atom. The van der Waals surface area contributed by atoms with Crippen LogP contribution in [0.5, 0.6) is 0 Å². The first kappa shape index (κ1) is 23.4. The number of nitrogens with two attached hydrogens (primary N) is 1. The average Bonchev–Trinajstić information content (AvgIpc) is 3.14. The van der Waals surface area contributed by atoms with E-state index in [-0.39, 0.29) is 23.6 Å². The van der Waals surface area contributed by atoms with E-state index in [4.69, 9.17) is 5.73 Å². The number of hydrogen-bond acceptors (Lipinski definition) is 6. The molecule has 0 amide bonds. The summed E-state index contributed by atoms with van der Waals surface area (Å²) in [7, 11) is 3.72. The summed E-state index contributed by atoms with van der Waals surface area (Å²) in [6.45, 7) is 6.33. The van der Waals surface area contributed by atoms with Gasteiger partial charge in [0.15, 0.2) is 6.29 Å². The highest BCUT2D eigenvalue weighted by Crippen LogP contribution is 2.37. The minimum atomic E-state index is -0.352. The van der Waals surface area contributed by atoms with Gasteiger partial charge in [0.25, 0.3) is 5.56 Å². The molecule has 2 atom stereocenters. The molecule has 2 aromatic carbocycles. The van der Waals surface area contributed by atoms with Crippen LogP contribution in [0.2, 0.25) is 0 Å². The molecule has 1 fully saturated rings. The molecule has 1 aromatic heterocycles. The molecular formula is C27H34N6O2. The van der Waals surface area contributed by atoms with Gasteiger partial charge in [0.2, 0.25) is 0 Å². The summed E-state index contributed by atoms with van der Waals surface area (Å²) < 4.78 is 2.94. The van der Waals surface area contributed by atoms with Crippen LogP contribution in [0.25, 0.3) is 16.5 Å². The fourth-order valence-corrected chi connectivity index (χ4v) is 5.55. The maximum absolute atomic E-state index is 14.2. The van der Waals surface area contributed by atoms with Crippen LogP contribution in [-0.2, 0) is 7.05 Å². The first-order valence-electron chi connectivity index (χ1n) is 12.3. The van der Waals surface area contributed by atoms with E-state index in [1.165, 1.54) is 10.1 Å². The molecule has 8 heteroatoms. The fourth-order valence-electron chi connectivity index (χ4n) is 5.55. The quantitative estimate of drug-likeness (QED) is 0.586. The summed E-state index contributed by atoms with van der Waals surface area (Å²) >= 11 is 0. The molecule has 0 saturated carbocycles. The van der Waals surface area contributed by atoms with Crippen molar-refractivity contribution in [2.75, 3.05) is 36.5 Å². The van der Waals surface area contributed by atoms with Crippen molar-refractivity contribution >= 4 is 22.3 Å². The normalized spacial score (nSPS) is 20.4. The van der Waals surface area contributed by atoms with E-state index in [1.807, 2.05) is 49.5 Å². The molecule has 8 nitrogen and oxygen atoms in total. The van der Waals surface area contributed by atoms with Gasteiger partial charge in [-0.2, -0.15) is 0 Å². The molecule has 1 saturated heterocycles. The van der Waals surface area contributed by atoms with Crippen molar-refractivity contribution in [3.63, 3.8) is 0 Å². The maximum atomic E-state index is 14.2. The number of anilines is 2. The predicted octanol–water partition coefficient (Wildman–Crippen LogP) is 2.62. The van der Waals surface area contributed by atoms with Crippen molar-refractivity contribution < 1.29 is 0 Å². The smallest absolute Gasteiger partial charge is 0.327 e. The van der Waals surface area contributed by atoms with Gasteiger partial charge >= 0.3 is 5.69 Å². The number of benzene rings is 2. The van der Waals surface area contributed by atoms with Crippen LogP contribution in [0, 0.1) is 0 Å². The molecule has 2 unspecified atom stereocenters. The SMILES string of the molecule is CC(C)=CCN1c2c(n(C)c(=O)n(-c3cccc4ccccc34)c2=O)N(C)C1N1CCCC(N)C1. The average molecular weight is 475 g/mol. The standard InChI is InChI=1S/C27H34N6O2/c1-18(2)14-16-32-23-24(29(3)26(32)31-15-8-11-20(28)17-31)30(4)27(35)33(25(23)34)22-13-7-10-19-9-5-6-12-21(19)22/h5-7,9-10,12-14,20,26H,8,11,15-17,28H2,1-4H3. The van der Waals surface area contributed by atoms with Gasteiger partial charge in [0.05, 0.1) is 5.69 Å². The third-order valence-electron chi connectivity index (χ3n) is 7.18. The lowest BCUT2D eigenvalue weighted by atomic mass is 10.1. The molecule has 2 N–H and O–H groups in total. The van der Waals surface area contributed by atoms with E-state index in [0.717, 1.165) is 36.7 Å². The number of fused-ring (bicyclic) bond motifs is 2. The molecule has 0 bridgehead atoms. The summed E-state index contributed by atoms with van der Waals surface area (Å²) in [6.07, 6.45) is 3.96. The van der Waals surface area contributed by atoms with Crippen LogP contribution < -0.4 is 26.8 Å². The largest absolute Gasteiger partial charge is 0.337 e. The van der Waals surface area contributed by atoms with E-state index in [9.17, 15) is 9.59 Å². The van der Waals surface area contributed by atoms with Gasteiger partial charge in [-0.3, -0.25) is 14.3 Å². The molecule has 35 heavy (non-hydrogen) atoms. The van der Waals surface area contributed by atoms with Crippen LogP contribution in [0.3, 0.4) is 0 Å². The summed E-state index contributed by atoms with van der Waals surface area (Å²) in [4.78, 5) is 34.4. The Balaban J connectivity index is 1.75. The van der Waals surface area contributed by atoms with Crippen molar-refractivity contribution in [1.29, 1.82) is 0 Å². The molecule has 3 heterocycles. The van der Waals surface area contributed by atoms with Crippen LogP contribution >= 0.6 is 0 Å². The topological polar surface area (TPSA) is 79.7 Å². The van der Waals surface area contributed by atoms with Crippen LogP contribution in [-0.4, -0.2) is 53.0 Å². The second-order valence-electron chi connectivity index (χ2n) is 9.94. The zero-order valence-corrected chi connectivity index (χ0v) is 20.9. The van der Waals surface area contributed by atoms with Gasteiger partial charge in [-0.25, -0.2) is 9.36 Å². The van der Waals surface area contributed by atoms with Crippen molar-refractivity contribution in [3.05, 3.63) is 75.0 Å². The monoisotopic (exact) mass is 474 g/mol. The van der Waals surface area contributed by atoms with Gasteiger partial charge in [0.1, 0.15) is 11.5 Å². The summed E-state index contributed by atoms with van der Waals surface area (Å²) in [5, 5.41) is 1.85. The van der Waals surface area contributed by atoms with E-state index in [0.29, 0.717) is 23.7 Å². The van der Waals surface area contributed by atoms with Crippen molar-refractivity contribution in [1.82, 2.24) is 14.0 Å². The minimum Gasteiger partial charge on any atom is -0.327 e. The molecule has 3 aromatic rings. The van der Waals surface area contributed by atoms with Gasteiger partial charge in [0, 0.05) is 45.2 Å². The summed E-state index contributed by atoms with van der Waals surface area (Å²) in [5.74, 6) is 0.641. The van der Waals surface area contributed by atoms with Gasteiger partial charge in [-0.1, -0.05) is 48.0 Å². The van der Waals surface area contributed by atoms with Gasteiger partial charge in [-0.05, 0) is 38.1 Å². The van der Waals surface area contributed by atoms with Crippen molar-refractivity contribution in [3.8, 4) is 5.69 Å². The lowest BCUT2D eigenvalue weighted by Gasteiger charge is -2.42. The summed E-state index contributed by atoms with van der Waals surface area (Å²) in [5.41, 5.74) is 8.01. The fraction of sp³-hybridized carbons (Fsp3) is 0.407. The number of piperidine rings is 1. The third-order valence-corrected chi connectivity index (χ3v) is 7.18. The zero-order valence-electron chi connectivity index (χ0n) is 20.9. The second-order valence-corrected chi connectivity index (χ2v) is 9.94. The molecule has 2 aliphatic heterocycles. The molecule has 184 valence electrons. The first-order valence-corrected chi connectivity index (χ1v) is 12.3. The minimum absolute atomic E-state index is 0.0994. The molecule has 2 aliphatic rings. The Morgan fingerprint density at radius 3 is 2.57 bits per heavy atom. The molecule has 0 aliphatic carbocycles. The number of likely N-dealkylation sites (tertiary alicyclic amines) is 1. The molecule has 0 radical (unpaired) electrons. The predicted molar refractivity (Wildman–Crippen MR) is 143 cm³/mol. The molecular weight excluding hydrogens is 440 g/mol. The lowest BCUT2D eigenvalue weighted by molar-refractivity contribution is 0.149.